The highest BCUT2D eigenvalue weighted by atomic mass is 35.5. The number of fused-ring (bicyclic) bond motifs is 1. The lowest BCUT2D eigenvalue weighted by Crippen LogP contribution is -2.36. The molecule has 0 saturated heterocycles. The third-order valence-electron chi connectivity index (χ3n) is 3.25. The number of para-hydroxylation sites is 1. The molecule has 6 heteroatoms. The number of rotatable bonds is 4. The van der Waals surface area contributed by atoms with Gasteiger partial charge in [-0.1, -0.05) is 17.7 Å². The number of hydrogen-bond acceptors (Lipinski definition) is 2. The number of halogens is 2. The van der Waals surface area contributed by atoms with Crippen molar-refractivity contribution in [1.82, 2.24) is 14.9 Å². The molecule has 1 aromatic carbocycles. The monoisotopic (exact) mass is 327 g/mol. The van der Waals surface area contributed by atoms with Gasteiger partial charge in [0.1, 0.15) is 17.4 Å². The first kappa shape index (κ1) is 16.1. The van der Waals surface area contributed by atoms with E-state index in [2.05, 4.69) is 10.3 Å². The topological polar surface area (TPSA) is 46.9 Å². The molecule has 0 aliphatic carbocycles. The molecule has 0 spiro atoms. The zero-order valence-electron chi connectivity index (χ0n) is 12.5. The maximum absolute atomic E-state index is 12.3. The summed E-state index contributed by atoms with van der Waals surface area (Å²) in [6.45, 7) is 7.53. The van der Waals surface area contributed by atoms with Crippen LogP contribution in [0.25, 0.3) is 11.0 Å². The van der Waals surface area contributed by atoms with Crippen LogP contribution >= 0.6 is 23.2 Å². The third-order valence-corrected chi connectivity index (χ3v) is 3.75. The number of nitrogens with one attached hydrogen (secondary N) is 1. The summed E-state index contributed by atoms with van der Waals surface area (Å²) in [6.07, 6.45) is 0. The van der Waals surface area contributed by atoms with Crippen LogP contribution in [0.15, 0.2) is 18.2 Å². The van der Waals surface area contributed by atoms with Gasteiger partial charge < -0.3 is 9.88 Å². The lowest BCUT2D eigenvalue weighted by molar-refractivity contribution is -0.124. The van der Waals surface area contributed by atoms with E-state index in [0.717, 1.165) is 5.52 Å². The first-order valence-electron chi connectivity index (χ1n) is 6.93. The molecule has 4 nitrogen and oxygen atoms in total. The van der Waals surface area contributed by atoms with Crippen molar-refractivity contribution in [3.8, 4) is 0 Å². The molecule has 1 heterocycles. The van der Waals surface area contributed by atoms with Crippen LogP contribution in [0.2, 0.25) is 5.02 Å². The molecular formula is C15H19Cl2N3O. The van der Waals surface area contributed by atoms with E-state index in [9.17, 15) is 4.79 Å². The van der Waals surface area contributed by atoms with Crippen molar-refractivity contribution in [2.24, 2.45) is 0 Å². The molecule has 1 amide bonds. The summed E-state index contributed by atoms with van der Waals surface area (Å²) >= 11 is 12.4. The fourth-order valence-electron chi connectivity index (χ4n) is 2.31. The molecule has 0 aliphatic rings. The van der Waals surface area contributed by atoms with Crippen molar-refractivity contribution >= 4 is 40.1 Å². The van der Waals surface area contributed by atoms with E-state index in [-0.39, 0.29) is 17.3 Å². The minimum Gasteiger partial charge on any atom is -0.352 e. The molecule has 0 aliphatic heterocycles. The number of hydrogen-bond donors (Lipinski definition) is 1. The Bertz CT molecular complexity index is 664. The first-order chi connectivity index (χ1) is 9.82. The second-order valence-electron chi connectivity index (χ2n) is 5.40. The standard InChI is InChI=1S/C15H19Cl2N3O/c1-8(2)18-15(21)10(4)20-12-7-5-6-11(17)13(12)19-14(20)9(3)16/h5-10H,1-4H3,(H,18,21). The molecule has 0 bridgehead atoms. The molecule has 2 aromatic rings. The van der Waals surface area contributed by atoms with Gasteiger partial charge in [-0.05, 0) is 39.8 Å². The minimum atomic E-state index is -0.410. The van der Waals surface area contributed by atoms with Crippen LogP contribution < -0.4 is 5.32 Å². The zero-order valence-corrected chi connectivity index (χ0v) is 14.0. The van der Waals surface area contributed by atoms with Gasteiger partial charge in [0.05, 0.1) is 15.9 Å². The van der Waals surface area contributed by atoms with E-state index >= 15 is 0 Å². The number of carbonyl (C=O) groups excluding carboxylic acids is 1. The summed E-state index contributed by atoms with van der Waals surface area (Å²) in [4.78, 5) is 16.8. The molecule has 114 valence electrons. The average Bonchev–Trinajstić information content (AvgIpc) is 2.78. The van der Waals surface area contributed by atoms with Gasteiger partial charge in [-0.25, -0.2) is 4.98 Å². The predicted molar refractivity (Wildman–Crippen MR) is 87.0 cm³/mol. The van der Waals surface area contributed by atoms with E-state index in [1.807, 2.05) is 44.4 Å². The number of benzene rings is 1. The van der Waals surface area contributed by atoms with E-state index < -0.39 is 6.04 Å². The number of carbonyl (C=O) groups is 1. The maximum Gasteiger partial charge on any atom is 0.243 e. The summed E-state index contributed by atoms with van der Waals surface area (Å²) in [5.41, 5.74) is 1.49. The molecule has 0 saturated carbocycles. The maximum atomic E-state index is 12.3. The second kappa shape index (κ2) is 6.24. The third kappa shape index (κ3) is 3.16. The Morgan fingerprint density at radius 1 is 1.29 bits per heavy atom. The number of alkyl halides is 1. The SMILES string of the molecule is CC(C)NC(=O)C(C)n1c(C(C)Cl)nc2c(Cl)cccc21. The lowest BCUT2D eigenvalue weighted by atomic mass is 10.2. The molecule has 1 aromatic heterocycles. The Kier molecular flexibility index (Phi) is 4.79. The van der Waals surface area contributed by atoms with Gasteiger partial charge in [0.15, 0.2) is 0 Å². The van der Waals surface area contributed by atoms with Gasteiger partial charge in [-0.2, -0.15) is 0 Å². The molecular weight excluding hydrogens is 309 g/mol. The van der Waals surface area contributed by atoms with Gasteiger partial charge in [0.2, 0.25) is 5.91 Å². The van der Waals surface area contributed by atoms with Crippen LogP contribution in [-0.2, 0) is 4.79 Å². The van der Waals surface area contributed by atoms with Crippen molar-refractivity contribution in [3.63, 3.8) is 0 Å². The van der Waals surface area contributed by atoms with Gasteiger partial charge in [-0.15, -0.1) is 11.6 Å². The smallest absolute Gasteiger partial charge is 0.243 e. The van der Waals surface area contributed by atoms with Crippen molar-refractivity contribution in [3.05, 3.63) is 29.0 Å². The summed E-state index contributed by atoms with van der Waals surface area (Å²) in [7, 11) is 0. The summed E-state index contributed by atoms with van der Waals surface area (Å²) in [6, 6.07) is 5.19. The van der Waals surface area contributed by atoms with Crippen LogP contribution in [0, 0.1) is 0 Å². The van der Waals surface area contributed by atoms with Crippen molar-refractivity contribution < 1.29 is 4.79 Å². The van der Waals surface area contributed by atoms with Gasteiger partial charge in [-0.3, -0.25) is 4.79 Å². The fourth-order valence-corrected chi connectivity index (χ4v) is 2.68. The predicted octanol–water partition coefficient (Wildman–Crippen LogP) is 4.08. The van der Waals surface area contributed by atoms with E-state index in [1.165, 1.54) is 0 Å². The first-order valence-corrected chi connectivity index (χ1v) is 7.75. The summed E-state index contributed by atoms with van der Waals surface area (Å²) in [5, 5.41) is 3.15. The Hall–Kier alpha value is -1.26. The van der Waals surface area contributed by atoms with Gasteiger partial charge >= 0.3 is 0 Å². The number of aromatic nitrogens is 2. The van der Waals surface area contributed by atoms with Crippen LogP contribution in [0.5, 0.6) is 0 Å². The summed E-state index contributed by atoms with van der Waals surface area (Å²) in [5.74, 6) is 0.578. The van der Waals surface area contributed by atoms with Crippen molar-refractivity contribution in [2.45, 2.75) is 45.2 Å². The Balaban J connectivity index is 2.58. The van der Waals surface area contributed by atoms with Gasteiger partial charge in [0.25, 0.3) is 0 Å². The highest BCUT2D eigenvalue weighted by Gasteiger charge is 2.24. The number of amides is 1. The molecule has 2 rings (SSSR count). The molecule has 0 radical (unpaired) electrons. The second-order valence-corrected chi connectivity index (χ2v) is 6.46. The van der Waals surface area contributed by atoms with Crippen molar-refractivity contribution in [2.75, 3.05) is 0 Å². The molecule has 2 atom stereocenters. The molecule has 0 fully saturated rings. The Morgan fingerprint density at radius 3 is 2.52 bits per heavy atom. The molecule has 2 unspecified atom stereocenters. The molecule has 21 heavy (non-hydrogen) atoms. The average molecular weight is 328 g/mol. The quantitative estimate of drug-likeness (QED) is 0.860. The normalized spacial score (nSPS) is 14.4. The lowest BCUT2D eigenvalue weighted by Gasteiger charge is -2.19. The Morgan fingerprint density at radius 2 is 1.95 bits per heavy atom. The highest BCUT2D eigenvalue weighted by Crippen LogP contribution is 2.31. The number of imidazole rings is 1. The van der Waals surface area contributed by atoms with Crippen LogP contribution in [0.4, 0.5) is 0 Å². The van der Waals surface area contributed by atoms with E-state index in [4.69, 9.17) is 23.2 Å². The minimum absolute atomic E-state index is 0.0668. The number of nitrogens with zero attached hydrogens (tertiary/aromatic N) is 2. The Labute approximate surface area is 134 Å². The largest absolute Gasteiger partial charge is 0.352 e. The van der Waals surface area contributed by atoms with E-state index in [1.54, 1.807) is 6.07 Å². The zero-order chi connectivity index (χ0) is 15.7. The molecule has 1 N–H and O–H groups in total. The van der Waals surface area contributed by atoms with Crippen LogP contribution in [-0.4, -0.2) is 21.5 Å². The van der Waals surface area contributed by atoms with Gasteiger partial charge in [0, 0.05) is 6.04 Å². The van der Waals surface area contributed by atoms with Crippen molar-refractivity contribution in [1.29, 1.82) is 0 Å². The van der Waals surface area contributed by atoms with E-state index in [0.29, 0.717) is 16.4 Å². The van der Waals surface area contributed by atoms with Crippen LogP contribution in [0.3, 0.4) is 0 Å². The highest BCUT2D eigenvalue weighted by molar-refractivity contribution is 6.35. The van der Waals surface area contributed by atoms with Crippen LogP contribution in [0.1, 0.15) is 44.9 Å². The fraction of sp³-hybridized carbons (Fsp3) is 0.467. The summed E-state index contributed by atoms with van der Waals surface area (Å²) < 4.78 is 1.86.